The van der Waals surface area contributed by atoms with Crippen LogP contribution in [0.5, 0.6) is 0 Å². The van der Waals surface area contributed by atoms with Gasteiger partial charge in [0.25, 0.3) is 0 Å². The van der Waals surface area contributed by atoms with E-state index in [1.807, 2.05) is 0 Å². The average Bonchev–Trinajstić information content (AvgIpc) is 2.04. The first kappa shape index (κ1) is 11.4. The van der Waals surface area contributed by atoms with Crippen LogP contribution in [0.3, 0.4) is 0 Å². The van der Waals surface area contributed by atoms with Crippen LogP contribution in [0, 0.1) is 0 Å². The van der Waals surface area contributed by atoms with Gasteiger partial charge in [0, 0.05) is 4.75 Å². The van der Waals surface area contributed by atoms with Crippen molar-refractivity contribution in [3.8, 4) is 0 Å². The lowest BCUT2D eigenvalue weighted by Crippen LogP contribution is -2.22. The third kappa shape index (κ3) is 3.50. The maximum Gasteiger partial charge on any atom is 0.0154 e. The van der Waals surface area contributed by atoms with Crippen molar-refractivity contribution >= 4 is 11.8 Å². The molecule has 0 unspecified atom stereocenters. The van der Waals surface area contributed by atoms with Gasteiger partial charge in [-0.05, 0) is 25.5 Å². The zero-order chi connectivity index (χ0) is 8.74. The first-order valence-electron chi connectivity index (χ1n) is 4.79. The molecular formula is C10H22S. The summed E-state index contributed by atoms with van der Waals surface area (Å²) in [4.78, 5) is 0. The number of hydrogen-bond donors (Lipinski definition) is 0. The molecule has 0 saturated carbocycles. The second kappa shape index (κ2) is 5.93. The maximum absolute atomic E-state index is 2.32. The molecule has 0 radical (unpaired) electrons. The third-order valence-corrected chi connectivity index (χ3v) is 4.05. The van der Waals surface area contributed by atoms with E-state index >= 15 is 0 Å². The second-order valence-corrected chi connectivity index (χ2v) is 4.51. The summed E-state index contributed by atoms with van der Waals surface area (Å²) in [5.41, 5.74) is 0. The van der Waals surface area contributed by atoms with Crippen LogP contribution >= 0.6 is 11.8 Å². The van der Waals surface area contributed by atoms with E-state index in [0.29, 0.717) is 4.75 Å². The molecular weight excluding hydrogens is 152 g/mol. The van der Waals surface area contributed by atoms with Crippen molar-refractivity contribution in [3.05, 3.63) is 0 Å². The molecule has 0 aliphatic rings. The van der Waals surface area contributed by atoms with Gasteiger partial charge in [0.15, 0.2) is 0 Å². The van der Waals surface area contributed by atoms with Crippen LogP contribution in [0.15, 0.2) is 0 Å². The highest BCUT2D eigenvalue weighted by Crippen LogP contribution is 2.36. The van der Waals surface area contributed by atoms with Gasteiger partial charge in [-0.3, -0.25) is 0 Å². The summed E-state index contributed by atoms with van der Waals surface area (Å²) in [5, 5.41) is 0. The zero-order valence-electron chi connectivity index (χ0n) is 8.44. The molecule has 0 atom stereocenters. The Bertz CT molecular complexity index is 76.9. The van der Waals surface area contributed by atoms with E-state index in [9.17, 15) is 0 Å². The van der Waals surface area contributed by atoms with Crippen LogP contribution in [-0.4, -0.2) is 11.0 Å². The molecule has 0 aromatic carbocycles. The van der Waals surface area contributed by atoms with Crippen molar-refractivity contribution in [3.63, 3.8) is 0 Å². The van der Waals surface area contributed by atoms with E-state index in [4.69, 9.17) is 0 Å². The topological polar surface area (TPSA) is 0 Å². The quantitative estimate of drug-likeness (QED) is 0.584. The molecule has 68 valence electrons. The predicted molar refractivity (Wildman–Crippen MR) is 56.4 cm³/mol. The highest BCUT2D eigenvalue weighted by atomic mass is 32.2. The average molecular weight is 174 g/mol. The summed E-state index contributed by atoms with van der Waals surface area (Å²) < 4.78 is 0.601. The van der Waals surface area contributed by atoms with Gasteiger partial charge in [0.1, 0.15) is 0 Å². The summed E-state index contributed by atoms with van der Waals surface area (Å²) in [6, 6.07) is 0. The van der Waals surface area contributed by atoms with Crippen LogP contribution in [0.25, 0.3) is 0 Å². The molecule has 1 heteroatoms. The molecule has 0 saturated heterocycles. The van der Waals surface area contributed by atoms with Crippen LogP contribution in [0.2, 0.25) is 0 Å². The zero-order valence-corrected chi connectivity index (χ0v) is 9.26. The Morgan fingerprint density at radius 3 is 1.64 bits per heavy atom. The molecule has 0 spiro atoms. The maximum atomic E-state index is 2.32. The molecule has 0 heterocycles. The largest absolute Gasteiger partial charge is 0.159 e. The summed E-state index contributed by atoms with van der Waals surface area (Å²) in [5.74, 6) is 0. The lowest BCUT2D eigenvalue weighted by Gasteiger charge is -2.30. The van der Waals surface area contributed by atoms with E-state index in [-0.39, 0.29) is 0 Å². The van der Waals surface area contributed by atoms with Crippen LogP contribution < -0.4 is 0 Å². The van der Waals surface area contributed by atoms with Crippen molar-refractivity contribution in [2.75, 3.05) is 6.26 Å². The minimum Gasteiger partial charge on any atom is -0.159 e. The van der Waals surface area contributed by atoms with Gasteiger partial charge in [-0.2, -0.15) is 11.8 Å². The second-order valence-electron chi connectivity index (χ2n) is 3.24. The lowest BCUT2D eigenvalue weighted by molar-refractivity contribution is 0.477. The molecule has 0 rings (SSSR count). The molecule has 0 aliphatic heterocycles. The minimum atomic E-state index is 0.601. The molecule has 0 aliphatic carbocycles. The Balaban J connectivity index is 3.96. The molecule has 0 N–H and O–H groups in total. The summed E-state index contributed by atoms with van der Waals surface area (Å²) in [6.45, 7) is 6.90. The summed E-state index contributed by atoms with van der Waals surface area (Å²) in [6.07, 6.45) is 9.02. The van der Waals surface area contributed by atoms with E-state index in [1.54, 1.807) is 0 Å². The minimum absolute atomic E-state index is 0.601. The van der Waals surface area contributed by atoms with Gasteiger partial charge < -0.3 is 0 Å². The monoisotopic (exact) mass is 174 g/mol. The Kier molecular flexibility index (Phi) is 6.12. The fraction of sp³-hybridized carbons (Fsp3) is 1.00. The smallest absolute Gasteiger partial charge is 0.0154 e. The standard InChI is InChI=1S/C10H22S/c1-5-8-10(7-3,11-4)9-6-2/h5-9H2,1-4H3. The van der Waals surface area contributed by atoms with Crippen LogP contribution in [-0.2, 0) is 0 Å². The number of rotatable bonds is 6. The SMILES string of the molecule is CCCC(CC)(CCC)SC. The summed E-state index contributed by atoms with van der Waals surface area (Å²) >= 11 is 2.07. The fourth-order valence-corrected chi connectivity index (χ4v) is 2.84. The fourth-order valence-electron chi connectivity index (χ4n) is 1.74. The molecule has 0 fully saturated rings. The normalized spacial score (nSPS) is 12.0. The Labute approximate surface area is 76.1 Å². The molecule has 11 heavy (non-hydrogen) atoms. The van der Waals surface area contributed by atoms with Gasteiger partial charge in [-0.25, -0.2) is 0 Å². The number of hydrogen-bond acceptors (Lipinski definition) is 1. The van der Waals surface area contributed by atoms with E-state index < -0.39 is 0 Å². The predicted octanol–water partition coefficient (Wildman–Crippen LogP) is 4.10. The van der Waals surface area contributed by atoms with Crippen molar-refractivity contribution in [1.82, 2.24) is 0 Å². The van der Waals surface area contributed by atoms with Crippen LogP contribution in [0.4, 0.5) is 0 Å². The van der Waals surface area contributed by atoms with E-state index in [2.05, 4.69) is 38.8 Å². The van der Waals surface area contributed by atoms with Gasteiger partial charge in [-0.15, -0.1) is 0 Å². The molecule has 0 aromatic heterocycles. The van der Waals surface area contributed by atoms with Gasteiger partial charge in [0.05, 0.1) is 0 Å². The van der Waals surface area contributed by atoms with Crippen molar-refractivity contribution < 1.29 is 0 Å². The highest BCUT2D eigenvalue weighted by Gasteiger charge is 2.24. The first-order chi connectivity index (χ1) is 5.24. The van der Waals surface area contributed by atoms with Crippen LogP contribution in [0.1, 0.15) is 52.9 Å². The number of thioether (sulfide) groups is 1. The van der Waals surface area contributed by atoms with Crippen molar-refractivity contribution in [2.45, 2.75) is 57.6 Å². The van der Waals surface area contributed by atoms with Crippen molar-refractivity contribution in [2.24, 2.45) is 0 Å². The van der Waals surface area contributed by atoms with Gasteiger partial charge in [0.2, 0.25) is 0 Å². The van der Waals surface area contributed by atoms with E-state index in [1.165, 1.54) is 32.1 Å². The molecule has 0 nitrogen and oxygen atoms in total. The Morgan fingerprint density at radius 1 is 1.00 bits per heavy atom. The Morgan fingerprint density at radius 2 is 1.45 bits per heavy atom. The van der Waals surface area contributed by atoms with E-state index in [0.717, 1.165) is 0 Å². The summed E-state index contributed by atoms with van der Waals surface area (Å²) in [7, 11) is 0. The first-order valence-corrected chi connectivity index (χ1v) is 6.02. The van der Waals surface area contributed by atoms with Gasteiger partial charge in [-0.1, -0.05) is 33.6 Å². The lowest BCUT2D eigenvalue weighted by atomic mass is 9.94. The third-order valence-electron chi connectivity index (χ3n) is 2.49. The molecule has 0 amide bonds. The van der Waals surface area contributed by atoms with Gasteiger partial charge >= 0.3 is 0 Å². The Hall–Kier alpha value is 0.350. The molecule has 0 aromatic rings. The van der Waals surface area contributed by atoms with Crippen molar-refractivity contribution in [1.29, 1.82) is 0 Å². The highest BCUT2D eigenvalue weighted by molar-refractivity contribution is 8.00. The molecule has 0 bridgehead atoms.